The molecule has 1 aliphatic rings. The van der Waals surface area contributed by atoms with E-state index in [1.807, 2.05) is 19.1 Å². The molecule has 0 saturated carbocycles. The van der Waals surface area contributed by atoms with Gasteiger partial charge in [-0.2, -0.15) is 8.42 Å². The normalized spacial score (nSPS) is 17.2. The van der Waals surface area contributed by atoms with Crippen LogP contribution in [0.2, 0.25) is 0 Å². The molecule has 2 amide bonds. The van der Waals surface area contributed by atoms with Crippen molar-refractivity contribution in [2.24, 2.45) is 5.14 Å². The van der Waals surface area contributed by atoms with Crippen LogP contribution in [0.25, 0.3) is 0 Å². The Morgan fingerprint density at radius 3 is 2.27 bits per heavy atom. The van der Waals surface area contributed by atoms with Gasteiger partial charge < -0.3 is 4.74 Å². The van der Waals surface area contributed by atoms with E-state index in [1.54, 1.807) is 36.4 Å². The number of thioether (sulfide) groups is 1. The topological polar surface area (TPSA) is 125 Å². The molecule has 0 radical (unpaired) electrons. The van der Waals surface area contributed by atoms with Gasteiger partial charge in [0.2, 0.25) is 5.91 Å². The van der Waals surface area contributed by atoms with E-state index < -0.39 is 21.7 Å². The highest BCUT2D eigenvalue weighted by molar-refractivity contribution is 8.15. The number of carbonyl (C=O) groups excluding carboxylic acids is 2. The SMILES string of the molecule is Cc1ccc(C(COc2ccc(CC3SC(=O)NC3=O)cc2)OS(N)(=O)=O)cc1.Cl. The molecule has 3 rings (SSSR count). The zero-order valence-corrected chi connectivity index (χ0v) is 18.4. The summed E-state index contributed by atoms with van der Waals surface area (Å²) >= 11 is 0.975. The van der Waals surface area contributed by atoms with Crippen molar-refractivity contribution in [2.45, 2.75) is 24.7 Å². The number of carbonyl (C=O) groups is 2. The first-order valence-corrected chi connectivity index (χ1v) is 11.1. The first kappa shape index (κ1) is 24.2. The molecule has 2 unspecified atom stereocenters. The maximum absolute atomic E-state index is 11.7. The highest BCUT2D eigenvalue weighted by Crippen LogP contribution is 2.25. The summed E-state index contributed by atoms with van der Waals surface area (Å²) in [5.74, 6) is 0.213. The van der Waals surface area contributed by atoms with Crippen LogP contribution in [0.3, 0.4) is 0 Å². The van der Waals surface area contributed by atoms with Gasteiger partial charge in [-0.1, -0.05) is 53.7 Å². The lowest BCUT2D eigenvalue weighted by Crippen LogP contribution is -2.25. The van der Waals surface area contributed by atoms with E-state index in [0.717, 1.165) is 22.9 Å². The lowest BCUT2D eigenvalue weighted by Gasteiger charge is -2.18. The van der Waals surface area contributed by atoms with E-state index in [9.17, 15) is 18.0 Å². The van der Waals surface area contributed by atoms with Crippen LogP contribution < -0.4 is 15.2 Å². The molecule has 1 fully saturated rings. The predicted octanol–water partition coefficient (Wildman–Crippen LogP) is 2.65. The van der Waals surface area contributed by atoms with Gasteiger partial charge in [-0.15, -0.1) is 12.4 Å². The minimum Gasteiger partial charge on any atom is -0.490 e. The Balaban J connectivity index is 0.00000320. The van der Waals surface area contributed by atoms with Crippen molar-refractivity contribution in [2.75, 3.05) is 6.61 Å². The van der Waals surface area contributed by atoms with Crippen molar-refractivity contribution in [3.63, 3.8) is 0 Å². The van der Waals surface area contributed by atoms with E-state index in [1.165, 1.54) is 0 Å². The number of benzene rings is 2. The molecule has 30 heavy (non-hydrogen) atoms. The van der Waals surface area contributed by atoms with E-state index in [0.29, 0.717) is 17.7 Å². The van der Waals surface area contributed by atoms with Crippen LogP contribution in [-0.4, -0.2) is 31.4 Å². The van der Waals surface area contributed by atoms with Gasteiger partial charge in [0.15, 0.2) is 0 Å². The molecule has 162 valence electrons. The van der Waals surface area contributed by atoms with Crippen LogP contribution in [0.1, 0.15) is 22.8 Å². The summed E-state index contributed by atoms with van der Waals surface area (Å²) in [6, 6.07) is 14.2. The number of nitrogens with two attached hydrogens (primary N) is 1. The molecular weight excluding hydrogens is 452 g/mol. The van der Waals surface area contributed by atoms with Crippen molar-refractivity contribution in [3.8, 4) is 5.75 Å². The molecule has 1 aliphatic heterocycles. The quantitative estimate of drug-likeness (QED) is 0.605. The van der Waals surface area contributed by atoms with Crippen molar-refractivity contribution in [1.29, 1.82) is 0 Å². The second-order valence-electron chi connectivity index (χ2n) is 6.53. The molecule has 2 aromatic carbocycles. The number of hydrogen-bond donors (Lipinski definition) is 2. The standard InChI is InChI=1S/C19H20N2O6S2.ClH/c1-12-2-6-14(7-3-12)16(27-29(20,24)25)11-26-15-8-4-13(5-9-15)10-17-18(22)21-19(23)28-17;/h2-9,16-17H,10-11H2,1H3,(H2,20,24,25)(H,21,22,23);1H. The van der Waals surface area contributed by atoms with E-state index in [2.05, 4.69) is 5.32 Å². The lowest BCUT2D eigenvalue weighted by molar-refractivity contribution is -0.118. The molecule has 0 aromatic heterocycles. The monoisotopic (exact) mass is 472 g/mol. The Morgan fingerprint density at radius 2 is 1.73 bits per heavy atom. The summed E-state index contributed by atoms with van der Waals surface area (Å²) in [5.41, 5.74) is 2.51. The van der Waals surface area contributed by atoms with E-state index >= 15 is 0 Å². The minimum absolute atomic E-state index is 0. The summed E-state index contributed by atoms with van der Waals surface area (Å²) < 4.78 is 33.4. The van der Waals surface area contributed by atoms with Crippen molar-refractivity contribution < 1.29 is 26.9 Å². The van der Waals surface area contributed by atoms with Crippen LogP contribution in [0.4, 0.5) is 4.79 Å². The summed E-state index contributed by atoms with van der Waals surface area (Å²) in [6.45, 7) is 1.86. The molecule has 3 N–H and O–H groups in total. The van der Waals surface area contributed by atoms with Crippen LogP contribution in [-0.2, 0) is 25.7 Å². The van der Waals surface area contributed by atoms with Gasteiger partial charge in [-0.05, 0) is 36.6 Å². The number of imide groups is 1. The average Bonchev–Trinajstić information content (AvgIpc) is 2.96. The number of hydrogen-bond acceptors (Lipinski definition) is 7. The summed E-state index contributed by atoms with van der Waals surface area (Å²) in [4.78, 5) is 22.9. The van der Waals surface area contributed by atoms with Crippen molar-refractivity contribution in [3.05, 3.63) is 65.2 Å². The van der Waals surface area contributed by atoms with Gasteiger partial charge in [0.1, 0.15) is 18.5 Å². The number of halogens is 1. The zero-order chi connectivity index (χ0) is 21.0. The fraction of sp³-hybridized carbons (Fsp3) is 0.263. The zero-order valence-electron chi connectivity index (χ0n) is 15.9. The third-order valence-corrected chi connectivity index (χ3v) is 5.69. The number of amides is 2. The third-order valence-electron chi connectivity index (χ3n) is 4.21. The fourth-order valence-corrected chi connectivity index (χ4v) is 4.11. The highest BCUT2D eigenvalue weighted by atomic mass is 35.5. The minimum atomic E-state index is -4.16. The Bertz CT molecular complexity index is 997. The summed E-state index contributed by atoms with van der Waals surface area (Å²) in [5, 5.41) is 6.51. The smallest absolute Gasteiger partial charge is 0.333 e. The third kappa shape index (κ3) is 6.99. The fourth-order valence-electron chi connectivity index (χ4n) is 2.76. The van der Waals surface area contributed by atoms with Crippen LogP contribution in [0.15, 0.2) is 48.5 Å². The second-order valence-corrected chi connectivity index (χ2v) is 8.88. The van der Waals surface area contributed by atoms with E-state index in [-0.39, 0.29) is 30.2 Å². The number of nitrogens with one attached hydrogen (secondary N) is 1. The second kappa shape index (κ2) is 10.3. The molecule has 2 atom stereocenters. The average molecular weight is 473 g/mol. The maximum atomic E-state index is 11.7. The molecule has 0 aliphatic carbocycles. The number of ether oxygens (including phenoxy) is 1. The van der Waals surface area contributed by atoms with Gasteiger partial charge in [-0.25, -0.2) is 9.32 Å². The molecule has 11 heteroatoms. The van der Waals surface area contributed by atoms with Gasteiger partial charge in [0.05, 0.1) is 5.25 Å². The van der Waals surface area contributed by atoms with E-state index in [4.69, 9.17) is 14.1 Å². The molecule has 1 saturated heterocycles. The molecule has 8 nitrogen and oxygen atoms in total. The molecule has 2 aromatic rings. The summed E-state index contributed by atoms with van der Waals surface area (Å²) in [7, 11) is -4.16. The predicted molar refractivity (Wildman–Crippen MR) is 116 cm³/mol. The molecule has 0 spiro atoms. The molecule has 1 heterocycles. The summed E-state index contributed by atoms with van der Waals surface area (Å²) in [6.07, 6.45) is -0.474. The first-order valence-electron chi connectivity index (χ1n) is 8.70. The van der Waals surface area contributed by atoms with Crippen LogP contribution in [0, 0.1) is 6.92 Å². The first-order chi connectivity index (χ1) is 13.7. The molecular formula is C19H21ClN2O6S2. The maximum Gasteiger partial charge on any atom is 0.333 e. The number of rotatable bonds is 8. The number of aryl methyl sites for hydroxylation is 1. The van der Waals surface area contributed by atoms with Crippen LogP contribution in [0.5, 0.6) is 5.75 Å². The van der Waals surface area contributed by atoms with Gasteiger partial charge >= 0.3 is 10.3 Å². The Labute approximate surface area is 185 Å². The highest BCUT2D eigenvalue weighted by Gasteiger charge is 2.31. The molecule has 0 bridgehead atoms. The van der Waals surface area contributed by atoms with Crippen molar-refractivity contribution >= 4 is 45.6 Å². The Hall–Kier alpha value is -2.11. The largest absolute Gasteiger partial charge is 0.490 e. The van der Waals surface area contributed by atoms with Crippen LogP contribution >= 0.6 is 24.2 Å². The lowest BCUT2D eigenvalue weighted by atomic mass is 10.1. The van der Waals surface area contributed by atoms with Gasteiger partial charge in [0, 0.05) is 0 Å². The Morgan fingerprint density at radius 1 is 1.10 bits per heavy atom. The Kier molecular flexibility index (Phi) is 8.27. The van der Waals surface area contributed by atoms with Gasteiger partial charge in [0.25, 0.3) is 5.24 Å². The van der Waals surface area contributed by atoms with Crippen molar-refractivity contribution in [1.82, 2.24) is 5.32 Å². The van der Waals surface area contributed by atoms with Gasteiger partial charge in [-0.3, -0.25) is 14.9 Å².